The number of rotatable bonds is 3. The zero-order valence-electron chi connectivity index (χ0n) is 9.73. The Labute approximate surface area is 106 Å². The Kier molecular flexibility index (Phi) is 1.98. The van der Waals surface area contributed by atoms with Gasteiger partial charge in [0, 0.05) is 16.7 Å². The van der Waals surface area contributed by atoms with Crippen LogP contribution in [0.15, 0.2) is 35.7 Å². The van der Waals surface area contributed by atoms with Gasteiger partial charge in [0.1, 0.15) is 5.01 Å². The lowest BCUT2D eigenvalue weighted by Crippen LogP contribution is -2.07. The molecule has 0 atom stereocenters. The average molecular weight is 241 g/mol. The molecule has 2 saturated carbocycles. The van der Waals surface area contributed by atoms with Crippen LogP contribution in [0.3, 0.4) is 0 Å². The van der Waals surface area contributed by atoms with Crippen molar-refractivity contribution in [2.45, 2.75) is 37.0 Å². The van der Waals surface area contributed by atoms with Crippen LogP contribution in [-0.2, 0) is 5.41 Å². The summed E-state index contributed by atoms with van der Waals surface area (Å²) in [4.78, 5) is 4.90. The quantitative estimate of drug-likeness (QED) is 0.788. The van der Waals surface area contributed by atoms with Gasteiger partial charge in [-0.2, -0.15) is 0 Å². The summed E-state index contributed by atoms with van der Waals surface area (Å²) < 4.78 is 0. The number of hydrogen-bond donors (Lipinski definition) is 0. The van der Waals surface area contributed by atoms with E-state index in [1.54, 1.807) is 0 Å². The van der Waals surface area contributed by atoms with Crippen LogP contribution >= 0.6 is 11.3 Å². The Balaban J connectivity index is 1.73. The van der Waals surface area contributed by atoms with E-state index < -0.39 is 0 Å². The molecular weight excluding hydrogens is 226 g/mol. The summed E-state index contributed by atoms with van der Waals surface area (Å²) in [6.45, 7) is 0. The molecule has 2 heteroatoms. The molecule has 2 fully saturated rings. The molecule has 2 aliphatic carbocycles. The average Bonchev–Trinajstić information content (AvgIpc) is 3.31. The SMILES string of the molecule is c1ccc(C2(c3nc(C4CC4)cs3)CC2)cc1. The second kappa shape index (κ2) is 3.42. The molecule has 86 valence electrons. The summed E-state index contributed by atoms with van der Waals surface area (Å²) in [6, 6.07) is 10.9. The van der Waals surface area contributed by atoms with Crippen molar-refractivity contribution in [1.82, 2.24) is 4.98 Å². The van der Waals surface area contributed by atoms with E-state index in [-0.39, 0.29) is 5.41 Å². The Morgan fingerprint density at radius 2 is 1.88 bits per heavy atom. The summed E-state index contributed by atoms with van der Waals surface area (Å²) >= 11 is 1.87. The highest BCUT2D eigenvalue weighted by molar-refractivity contribution is 7.09. The highest BCUT2D eigenvalue weighted by Gasteiger charge is 2.48. The second-order valence-corrected chi connectivity index (χ2v) is 6.16. The first kappa shape index (κ1) is 9.84. The summed E-state index contributed by atoms with van der Waals surface area (Å²) in [7, 11) is 0. The Hall–Kier alpha value is -1.15. The van der Waals surface area contributed by atoms with E-state index >= 15 is 0 Å². The van der Waals surface area contributed by atoms with Crippen molar-refractivity contribution in [2.24, 2.45) is 0 Å². The van der Waals surface area contributed by atoms with E-state index in [1.807, 2.05) is 11.3 Å². The summed E-state index contributed by atoms with van der Waals surface area (Å²) in [6.07, 6.45) is 5.24. The molecule has 2 aromatic rings. The van der Waals surface area contributed by atoms with Gasteiger partial charge in [0.2, 0.25) is 0 Å². The van der Waals surface area contributed by atoms with Gasteiger partial charge in [-0.15, -0.1) is 11.3 Å². The third-order valence-corrected chi connectivity index (χ3v) is 5.07. The lowest BCUT2D eigenvalue weighted by molar-refractivity contribution is 0.820. The van der Waals surface area contributed by atoms with Gasteiger partial charge in [0.05, 0.1) is 5.69 Å². The lowest BCUT2D eigenvalue weighted by atomic mass is 9.97. The van der Waals surface area contributed by atoms with Crippen molar-refractivity contribution in [3.8, 4) is 0 Å². The Bertz CT molecular complexity index is 535. The Morgan fingerprint density at radius 3 is 2.53 bits per heavy atom. The zero-order chi connectivity index (χ0) is 11.3. The van der Waals surface area contributed by atoms with Gasteiger partial charge in [0.15, 0.2) is 0 Å². The first-order valence-corrected chi connectivity index (χ1v) is 7.28. The molecule has 0 spiro atoms. The summed E-state index contributed by atoms with van der Waals surface area (Å²) in [5.41, 5.74) is 3.09. The molecule has 1 nitrogen and oxygen atoms in total. The predicted octanol–water partition coefficient (Wildman–Crippen LogP) is 4.10. The fraction of sp³-hybridized carbons (Fsp3) is 0.400. The molecule has 1 heterocycles. The van der Waals surface area contributed by atoms with Crippen molar-refractivity contribution >= 4 is 11.3 Å². The van der Waals surface area contributed by atoms with Crippen LogP contribution in [0.25, 0.3) is 0 Å². The number of nitrogens with zero attached hydrogens (tertiary/aromatic N) is 1. The molecule has 0 aliphatic heterocycles. The summed E-state index contributed by atoms with van der Waals surface area (Å²) in [5.74, 6) is 0.784. The minimum atomic E-state index is 0.277. The first-order chi connectivity index (χ1) is 8.38. The minimum absolute atomic E-state index is 0.277. The van der Waals surface area contributed by atoms with Crippen LogP contribution in [-0.4, -0.2) is 4.98 Å². The number of aromatic nitrogens is 1. The molecule has 17 heavy (non-hydrogen) atoms. The van der Waals surface area contributed by atoms with Gasteiger partial charge in [-0.05, 0) is 31.2 Å². The molecule has 0 unspecified atom stereocenters. The monoisotopic (exact) mass is 241 g/mol. The normalized spacial score (nSPS) is 21.4. The van der Waals surface area contributed by atoms with E-state index in [4.69, 9.17) is 4.98 Å². The van der Waals surface area contributed by atoms with Crippen LogP contribution in [0.5, 0.6) is 0 Å². The topological polar surface area (TPSA) is 12.9 Å². The van der Waals surface area contributed by atoms with E-state index in [0.29, 0.717) is 0 Å². The minimum Gasteiger partial charge on any atom is -0.245 e. The fourth-order valence-electron chi connectivity index (χ4n) is 2.58. The van der Waals surface area contributed by atoms with Crippen molar-refractivity contribution in [3.05, 3.63) is 52.0 Å². The van der Waals surface area contributed by atoms with Crippen LogP contribution in [0, 0.1) is 0 Å². The maximum Gasteiger partial charge on any atom is 0.103 e. The van der Waals surface area contributed by atoms with E-state index in [1.165, 1.54) is 41.9 Å². The van der Waals surface area contributed by atoms with Crippen molar-refractivity contribution in [1.29, 1.82) is 0 Å². The lowest BCUT2D eigenvalue weighted by Gasteiger charge is -2.12. The molecule has 0 N–H and O–H groups in total. The molecule has 4 rings (SSSR count). The number of thiazole rings is 1. The molecule has 2 aliphatic rings. The van der Waals surface area contributed by atoms with Crippen LogP contribution in [0.4, 0.5) is 0 Å². The molecule has 1 aromatic carbocycles. The standard InChI is InChI=1S/C15H15NS/c1-2-4-12(5-3-1)15(8-9-15)14-16-13(10-17-14)11-6-7-11/h1-5,10-11H,6-9H2. The van der Waals surface area contributed by atoms with Crippen LogP contribution in [0.1, 0.15) is 47.9 Å². The Morgan fingerprint density at radius 1 is 1.12 bits per heavy atom. The van der Waals surface area contributed by atoms with E-state index in [0.717, 1.165) is 5.92 Å². The van der Waals surface area contributed by atoms with Crippen molar-refractivity contribution in [3.63, 3.8) is 0 Å². The van der Waals surface area contributed by atoms with Gasteiger partial charge < -0.3 is 0 Å². The smallest absolute Gasteiger partial charge is 0.103 e. The van der Waals surface area contributed by atoms with Crippen LogP contribution in [0.2, 0.25) is 0 Å². The molecule has 0 amide bonds. The largest absolute Gasteiger partial charge is 0.245 e. The maximum atomic E-state index is 4.90. The van der Waals surface area contributed by atoms with E-state index in [9.17, 15) is 0 Å². The third kappa shape index (κ3) is 1.54. The van der Waals surface area contributed by atoms with Crippen molar-refractivity contribution < 1.29 is 0 Å². The molecule has 1 aromatic heterocycles. The second-order valence-electron chi connectivity index (χ2n) is 5.30. The molecule has 0 saturated heterocycles. The highest BCUT2D eigenvalue weighted by Crippen LogP contribution is 2.55. The molecule has 0 bridgehead atoms. The van der Waals surface area contributed by atoms with Gasteiger partial charge in [-0.3, -0.25) is 0 Å². The first-order valence-electron chi connectivity index (χ1n) is 6.40. The predicted molar refractivity (Wildman–Crippen MR) is 70.5 cm³/mol. The molecular formula is C15H15NS. The fourth-order valence-corrected chi connectivity index (χ4v) is 3.76. The van der Waals surface area contributed by atoms with Crippen LogP contribution < -0.4 is 0 Å². The van der Waals surface area contributed by atoms with E-state index in [2.05, 4.69) is 35.7 Å². The third-order valence-electron chi connectivity index (χ3n) is 4.00. The van der Waals surface area contributed by atoms with Gasteiger partial charge in [-0.25, -0.2) is 4.98 Å². The zero-order valence-corrected chi connectivity index (χ0v) is 10.5. The molecule has 0 radical (unpaired) electrons. The maximum absolute atomic E-state index is 4.90. The summed E-state index contributed by atoms with van der Waals surface area (Å²) in [5, 5.41) is 3.64. The number of hydrogen-bond acceptors (Lipinski definition) is 2. The van der Waals surface area contributed by atoms with Gasteiger partial charge >= 0.3 is 0 Å². The van der Waals surface area contributed by atoms with Gasteiger partial charge in [-0.1, -0.05) is 30.3 Å². The highest BCUT2D eigenvalue weighted by atomic mass is 32.1. The number of benzene rings is 1. The van der Waals surface area contributed by atoms with Gasteiger partial charge in [0.25, 0.3) is 0 Å². The van der Waals surface area contributed by atoms with Crippen molar-refractivity contribution in [2.75, 3.05) is 0 Å².